The van der Waals surface area contributed by atoms with Gasteiger partial charge in [0.2, 0.25) is 0 Å². The molecule has 0 atom stereocenters. The van der Waals surface area contributed by atoms with Crippen LogP contribution in [0.2, 0.25) is 5.15 Å². The Kier molecular flexibility index (Phi) is 3.56. The molecular formula is C14H10BrClN2S. The number of rotatable bonds is 2. The summed E-state index contributed by atoms with van der Waals surface area (Å²) in [6.07, 6.45) is 2.00. The molecule has 19 heavy (non-hydrogen) atoms. The van der Waals surface area contributed by atoms with Gasteiger partial charge >= 0.3 is 0 Å². The largest absolute Gasteiger partial charge is 0.271 e. The molecule has 0 aliphatic rings. The predicted octanol–water partition coefficient (Wildman–Crippen LogP) is 5.32. The van der Waals surface area contributed by atoms with E-state index in [0.717, 1.165) is 15.5 Å². The number of pyridine rings is 1. The van der Waals surface area contributed by atoms with Crippen LogP contribution in [-0.4, -0.2) is 8.96 Å². The van der Waals surface area contributed by atoms with Crippen molar-refractivity contribution in [3.8, 4) is 0 Å². The highest BCUT2D eigenvalue weighted by Crippen LogP contribution is 2.30. The molecule has 0 amide bonds. The molecule has 0 aliphatic carbocycles. The van der Waals surface area contributed by atoms with Crippen molar-refractivity contribution in [2.45, 2.75) is 11.8 Å². The van der Waals surface area contributed by atoms with Gasteiger partial charge in [0, 0.05) is 16.5 Å². The molecular weight excluding hydrogens is 344 g/mol. The smallest absolute Gasteiger partial charge is 0.152 e. The summed E-state index contributed by atoms with van der Waals surface area (Å²) in [5.74, 6) is 0. The normalized spacial score (nSPS) is 11.1. The number of fused-ring (bicyclic) bond motifs is 1. The van der Waals surface area contributed by atoms with E-state index in [1.807, 2.05) is 22.3 Å². The molecule has 0 unspecified atom stereocenters. The summed E-state index contributed by atoms with van der Waals surface area (Å²) in [4.78, 5) is 5.58. The van der Waals surface area contributed by atoms with E-state index < -0.39 is 0 Å². The Balaban J connectivity index is 2.01. The van der Waals surface area contributed by atoms with Crippen LogP contribution in [-0.2, 0) is 0 Å². The first kappa shape index (κ1) is 13.0. The number of aromatic nitrogens is 2. The zero-order valence-electron chi connectivity index (χ0n) is 10.1. The zero-order valence-corrected chi connectivity index (χ0v) is 13.3. The number of halogens is 2. The van der Waals surface area contributed by atoms with E-state index in [9.17, 15) is 0 Å². The molecule has 0 fully saturated rings. The quantitative estimate of drug-likeness (QED) is 0.581. The van der Waals surface area contributed by atoms with Crippen LogP contribution in [0.25, 0.3) is 11.0 Å². The minimum absolute atomic E-state index is 0.483. The molecule has 0 N–H and O–H groups in total. The summed E-state index contributed by atoms with van der Waals surface area (Å²) in [5.41, 5.74) is 2.13. The third-order valence-corrected chi connectivity index (χ3v) is 4.86. The lowest BCUT2D eigenvalue weighted by molar-refractivity contribution is 1.24. The van der Waals surface area contributed by atoms with Crippen molar-refractivity contribution in [2.75, 3.05) is 0 Å². The van der Waals surface area contributed by atoms with E-state index in [4.69, 9.17) is 11.6 Å². The molecule has 0 aliphatic heterocycles. The van der Waals surface area contributed by atoms with Gasteiger partial charge in [-0.25, -0.2) is 4.98 Å². The molecule has 0 bridgehead atoms. The molecule has 2 heterocycles. The van der Waals surface area contributed by atoms with Crippen LogP contribution in [0.4, 0.5) is 0 Å². The van der Waals surface area contributed by atoms with E-state index in [1.54, 1.807) is 11.9 Å². The van der Waals surface area contributed by atoms with Crippen molar-refractivity contribution in [2.24, 2.45) is 0 Å². The average molecular weight is 354 g/mol. The molecule has 0 spiro atoms. The Morgan fingerprint density at radius 2 is 1.95 bits per heavy atom. The molecule has 5 heteroatoms. The van der Waals surface area contributed by atoms with E-state index in [-0.39, 0.29) is 0 Å². The molecule has 96 valence electrons. The number of hydrogen-bond donors (Lipinski definition) is 0. The Labute approximate surface area is 129 Å². The lowest BCUT2D eigenvalue weighted by atomic mass is 10.2. The molecule has 1 aromatic carbocycles. The molecule has 0 saturated carbocycles. The minimum Gasteiger partial charge on any atom is -0.271 e. The zero-order chi connectivity index (χ0) is 13.4. The first-order chi connectivity index (χ1) is 9.13. The molecule has 0 radical (unpaired) electrons. The van der Waals surface area contributed by atoms with Gasteiger partial charge in [0.05, 0.1) is 4.47 Å². The third kappa shape index (κ3) is 2.66. The van der Waals surface area contributed by atoms with Gasteiger partial charge in [0.1, 0.15) is 5.15 Å². The fourth-order valence-corrected chi connectivity index (χ4v) is 3.08. The van der Waals surface area contributed by atoms with Crippen LogP contribution in [0.15, 0.2) is 52.0 Å². The number of nitrogens with zero attached hydrogens (tertiary/aromatic N) is 2. The van der Waals surface area contributed by atoms with Gasteiger partial charge in [-0.05, 0) is 59.1 Å². The maximum Gasteiger partial charge on any atom is 0.152 e. The van der Waals surface area contributed by atoms with Crippen LogP contribution >= 0.6 is 39.5 Å². The first-order valence-electron chi connectivity index (χ1n) is 5.71. The van der Waals surface area contributed by atoms with Crippen molar-refractivity contribution in [3.05, 3.63) is 57.8 Å². The van der Waals surface area contributed by atoms with Gasteiger partial charge in [0.25, 0.3) is 0 Å². The molecule has 3 aromatic rings. The van der Waals surface area contributed by atoms with Gasteiger partial charge in [-0.2, -0.15) is 0 Å². The van der Waals surface area contributed by atoms with Crippen molar-refractivity contribution in [3.63, 3.8) is 0 Å². The summed E-state index contributed by atoms with van der Waals surface area (Å²) in [6, 6.07) is 12.4. The van der Waals surface area contributed by atoms with E-state index in [2.05, 4.69) is 52.1 Å². The van der Waals surface area contributed by atoms with Crippen LogP contribution < -0.4 is 0 Å². The highest BCUT2D eigenvalue weighted by Gasteiger charge is 2.08. The topological polar surface area (TPSA) is 17.8 Å². The van der Waals surface area contributed by atoms with Crippen LogP contribution in [0.3, 0.4) is 0 Å². The molecule has 2 aromatic heterocycles. The number of benzene rings is 1. The summed E-state index contributed by atoms with van der Waals surface area (Å²) in [5, 5.41) is 1.55. The Bertz CT molecular complexity index is 737. The lowest BCUT2D eigenvalue weighted by Crippen LogP contribution is -1.88. The lowest BCUT2D eigenvalue weighted by Gasteiger charge is -2.05. The predicted molar refractivity (Wildman–Crippen MR) is 84.9 cm³/mol. The van der Waals surface area contributed by atoms with E-state index in [0.29, 0.717) is 5.15 Å². The molecule has 3 rings (SSSR count). The fraction of sp³-hybridized carbons (Fsp3) is 0.0714. The first-order valence-corrected chi connectivity index (χ1v) is 7.66. The van der Waals surface area contributed by atoms with Gasteiger partial charge in [0.15, 0.2) is 5.65 Å². The van der Waals surface area contributed by atoms with Crippen LogP contribution in [0.5, 0.6) is 0 Å². The molecule has 0 saturated heterocycles. The summed E-state index contributed by atoms with van der Waals surface area (Å²) in [7, 11) is 0. The standard InChI is InChI=1S/C14H10BrClN2S/c1-9-2-4-11(5-3-9)19-18-7-6-10-8-12(15)13(16)17-14(10)18/h2-8H,1H3. The third-order valence-electron chi connectivity index (χ3n) is 2.76. The SMILES string of the molecule is Cc1ccc(Sn2ccc3cc(Br)c(Cl)nc32)cc1. The summed E-state index contributed by atoms with van der Waals surface area (Å²) < 4.78 is 2.85. The minimum atomic E-state index is 0.483. The van der Waals surface area contributed by atoms with E-state index >= 15 is 0 Å². The molecule has 2 nitrogen and oxygen atoms in total. The highest BCUT2D eigenvalue weighted by molar-refractivity contribution is 9.10. The second-order valence-electron chi connectivity index (χ2n) is 4.22. The highest BCUT2D eigenvalue weighted by atomic mass is 79.9. The van der Waals surface area contributed by atoms with Crippen molar-refractivity contribution in [1.82, 2.24) is 8.96 Å². The maximum absolute atomic E-state index is 6.06. The Hall–Kier alpha value is -0.970. The van der Waals surface area contributed by atoms with Crippen molar-refractivity contribution < 1.29 is 0 Å². The second kappa shape index (κ2) is 5.19. The van der Waals surface area contributed by atoms with E-state index in [1.165, 1.54) is 10.5 Å². The van der Waals surface area contributed by atoms with Gasteiger partial charge in [-0.1, -0.05) is 29.3 Å². The van der Waals surface area contributed by atoms with Gasteiger partial charge < -0.3 is 0 Å². The Morgan fingerprint density at radius 3 is 2.68 bits per heavy atom. The monoisotopic (exact) mass is 352 g/mol. The average Bonchev–Trinajstić information content (AvgIpc) is 2.76. The van der Waals surface area contributed by atoms with Crippen LogP contribution in [0, 0.1) is 6.92 Å². The maximum atomic E-state index is 6.06. The van der Waals surface area contributed by atoms with Crippen LogP contribution in [0.1, 0.15) is 5.56 Å². The number of hydrogen-bond acceptors (Lipinski definition) is 2. The summed E-state index contributed by atoms with van der Waals surface area (Å²) in [6.45, 7) is 2.08. The van der Waals surface area contributed by atoms with Crippen molar-refractivity contribution >= 4 is 50.5 Å². The Morgan fingerprint density at radius 1 is 1.21 bits per heavy atom. The van der Waals surface area contributed by atoms with Gasteiger partial charge in [-0.3, -0.25) is 3.97 Å². The van der Waals surface area contributed by atoms with Crippen molar-refractivity contribution in [1.29, 1.82) is 0 Å². The second-order valence-corrected chi connectivity index (χ2v) is 6.48. The van der Waals surface area contributed by atoms with Gasteiger partial charge in [-0.15, -0.1) is 0 Å². The number of aryl methyl sites for hydroxylation is 1. The fourth-order valence-electron chi connectivity index (χ4n) is 1.78. The summed E-state index contributed by atoms with van der Waals surface area (Å²) >= 11 is 11.1.